The fourth-order valence-electron chi connectivity index (χ4n) is 11.6. The van der Waals surface area contributed by atoms with Crippen molar-refractivity contribution in [1.29, 1.82) is 0 Å². The summed E-state index contributed by atoms with van der Waals surface area (Å²) in [6, 6.07) is 28.0. The van der Waals surface area contributed by atoms with Gasteiger partial charge in [-0.2, -0.15) is 0 Å². The zero-order chi connectivity index (χ0) is 53.6. The number of hydrogen-bond acceptors (Lipinski definition) is 10. The number of likely N-dealkylation sites (N-methyl/N-ethyl adjacent to an activating group) is 2. The minimum atomic E-state index is -0.847. The van der Waals surface area contributed by atoms with Crippen molar-refractivity contribution in [1.82, 2.24) is 31.1 Å². The van der Waals surface area contributed by atoms with Crippen molar-refractivity contribution in [3.05, 3.63) is 143 Å². The number of likely N-dealkylation sites (tertiary alicyclic amines) is 2. The first-order chi connectivity index (χ1) is 36.9. The van der Waals surface area contributed by atoms with Crippen LogP contribution in [0.15, 0.2) is 109 Å². The summed E-state index contributed by atoms with van der Waals surface area (Å²) in [4.78, 5) is 86.2. The van der Waals surface area contributed by atoms with Gasteiger partial charge in [-0.3, -0.25) is 28.8 Å². The average molecular weight is 1040 g/mol. The van der Waals surface area contributed by atoms with Crippen LogP contribution >= 0.6 is 0 Å². The van der Waals surface area contributed by atoms with Gasteiger partial charge < -0.3 is 40.5 Å². The van der Waals surface area contributed by atoms with Gasteiger partial charge in [0.2, 0.25) is 23.6 Å². The molecule has 0 spiro atoms. The van der Waals surface area contributed by atoms with Gasteiger partial charge in [-0.1, -0.05) is 72.8 Å². The third kappa shape index (κ3) is 14.2. The minimum Gasteiger partial charge on any atom is -0.490 e. The van der Waals surface area contributed by atoms with Gasteiger partial charge in [-0.15, -0.1) is 0 Å². The SMILES string of the molecule is CN[C@@H](C)C(=O)N[C@@H](Cc1ccc(OC/C=C/COc2ccc(C[C@H](NC(=O)[C@H](C)NC)C(=O)N3CCC[C@H]3C(=O)C[C@@H]3CCCc4ccccc43)cc2)cc1)C(=O)N1CCCC1C(=O)C[C@@H]1CCCc2ccccc21. The Morgan fingerprint density at radius 2 is 0.934 bits per heavy atom. The lowest BCUT2D eigenvalue weighted by molar-refractivity contribution is -0.141. The summed E-state index contributed by atoms with van der Waals surface area (Å²) in [7, 11) is 3.40. The van der Waals surface area contributed by atoms with Crippen molar-refractivity contribution in [3.8, 4) is 11.5 Å². The van der Waals surface area contributed by atoms with Crippen LogP contribution in [0.4, 0.5) is 0 Å². The first kappa shape index (κ1) is 55.6. The molecule has 2 aliphatic carbocycles. The molecule has 2 saturated heterocycles. The Morgan fingerprint density at radius 3 is 1.33 bits per heavy atom. The normalized spacial score (nSPS) is 20.7. The lowest BCUT2D eigenvalue weighted by atomic mass is 9.79. The van der Waals surface area contributed by atoms with Gasteiger partial charge in [0, 0.05) is 38.8 Å². The number of benzene rings is 4. The maximum Gasteiger partial charge on any atom is 0.246 e. The molecule has 2 aliphatic heterocycles. The molecule has 8 atom stereocenters. The summed E-state index contributed by atoms with van der Waals surface area (Å²) in [5, 5.41) is 11.9. The van der Waals surface area contributed by atoms with Gasteiger partial charge in [0.05, 0.1) is 24.2 Å². The molecular formula is C62H78N6O8. The third-order valence-electron chi connectivity index (χ3n) is 16.2. The second-order valence-electron chi connectivity index (χ2n) is 21.2. The Labute approximate surface area is 449 Å². The molecule has 14 heteroatoms. The molecule has 76 heavy (non-hydrogen) atoms. The first-order valence-electron chi connectivity index (χ1n) is 27.8. The summed E-state index contributed by atoms with van der Waals surface area (Å²) < 4.78 is 12.0. The third-order valence-corrected chi connectivity index (χ3v) is 16.2. The molecule has 0 saturated carbocycles. The van der Waals surface area contributed by atoms with E-state index in [9.17, 15) is 28.8 Å². The first-order valence-corrected chi connectivity index (χ1v) is 27.8. The van der Waals surface area contributed by atoms with Crippen molar-refractivity contribution in [2.24, 2.45) is 0 Å². The number of carbonyl (C=O) groups is 6. The van der Waals surface area contributed by atoms with E-state index >= 15 is 0 Å². The highest BCUT2D eigenvalue weighted by Gasteiger charge is 2.41. The van der Waals surface area contributed by atoms with E-state index in [0.29, 0.717) is 63.5 Å². The van der Waals surface area contributed by atoms with Crippen LogP contribution in [0.3, 0.4) is 0 Å². The zero-order valence-corrected chi connectivity index (χ0v) is 44.9. The van der Waals surface area contributed by atoms with E-state index in [2.05, 4.69) is 57.7 Å². The highest BCUT2D eigenvalue weighted by atomic mass is 16.5. The van der Waals surface area contributed by atoms with Crippen molar-refractivity contribution in [3.63, 3.8) is 0 Å². The molecular weight excluding hydrogens is 957 g/mol. The number of carbonyl (C=O) groups excluding carboxylic acids is 6. The zero-order valence-electron chi connectivity index (χ0n) is 44.9. The van der Waals surface area contributed by atoms with Crippen LogP contribution in [0, 0.1) is 0 Å². The molecule has 404 valence electrons. The highest BCUT2D eigenvalue weighted by Crippen LogP contribution is 2.37. The van der Waals surface area contributed by atoms with Crippen LogP contribution < -0.4 is 30.7 Å². The lowest BCUT2D eigenvalue weighted by Crippen LogP contribution is -2.55. The molecule has 4 N–H and O–H groups in total. The van der Waals surface area contributed by atoms with Crippen molar-refractivity contribution in [2.75, 3.05) is 40.4 Å². The minimum absolute atomic E-state index is 0.0930. The Hall–Kier alpha value is -6.64. The number of ketones is 2. The maximum absolute atomic E-state index is 14.3. The molecule has 0 radical (unpaired) electrons. The number of hydrogen-bond donors (Lipinski definition) is 4. The molecule has 4 aromatic carbocycles. The molecule has 14 nitrogen and oxygen atoms in total. The standard InChI is InChI=1S/C62H78N6O8/c1-41(63-3)59(71)65-53(61(73)67-33-13-23-55(67)57(69)39-47-19-11-17-45-15-5-7-21-51(45)47)37-43-25-29-49(30-26-43)75-35-9-10-36-76-50-31-27-44(28-32-50)38-54(66-60(72)42(2)64-4)62(74)68-34-14-24-56(68)58(70)40-48-20-12-18-46-16-6-8-22-52(46)48/h5-10,15-16,21-22,25-32,41-42,47-48,53-56,63-64H,11-14,17-20,23-24,33-40H2,1-4H3,(H,65,71)(H,66,72)/b10-9+/t41-,42-,47-,48-,53-,54-,55-,56?/m0/s1. The molecule has 8 rings (SSSR count). The summed E-state index contributed by atoms with van der Waals surface area (Å²) >= 11 is 0. The number of rotatable bonds is 24. The van der Waals surface area contributed by atoms with Crippen LogP contribution in [0.5, 0.6) is 11.5 Å². The van der Waals surface area contributed by atoms with E-state index in [1.807, 2.05) is 72.8 Å². The summed E-state index contributed by atoms with van der Waals surface area (Å²) in [6.45, 7) is 5.04. The molecule has 2 heterocycles. The van der Waals surface area contributed by atoms with Gasteiger partial charge in [0.15, 0.2) is 11.6 Å². The van der Waals surface area contributed by atoms with E-state index in [-0.39, 0.29) is 59.9 Å². The van der Waals surface area contributed by atoms with E-state index in [0.717, 1.165) is 62.5 Å². The number of nitrogens with one attached hydrogen (secondary N) is 4. The topological polar surface area (TPSA) is 175 Å². The Morgan fingerprint density at radius 1 is 0.539 bits per heavy atom. The number of nitrogens with zero attached hydrogens (tertiary/aromatic N) is 2. The van der Waals surface area contributed by atoms with Gasteiger partial charge >= 0.3 is 0 Å². The van der Waals surface area contributed by atoms with Crippen molar-refractivity contribution < 1.29 is 38.2 Å². The number of fused-ring (bicyclic) bond motifs is 2. The van der Waals surface area contributed by atoms with Gasteiger partial charge in [0.25, 0.3) is 0 Å². The summed E-state index contributed by atoms with van der Waals surface area (Å²) in [5.41, 5.74) is 6.82. The second-order valence-corrected chi connectivity index (χ2v) is 21.2. The van der Waals surface area contributed by atoms with Crippen LogP contribution in [0.2, 0.25) is 0 Å². The van der Waals surface area contributed by atoms with E-state index in [1.165, 1.54) is 22.3 Å². The largest absolute Gasteiger partial charge is 0.490 e. The lowest BCUT2D eigenvalue weighted by Gasteiger charge is -2.31. The quantitative estimate of drug-likeness (QED) is 0.0530. The predicted molar refractivity (Wildman–Crippen MR) is 294 cm³/mol. The molecule has 1 unspecified atom stereocenters. The predicted octanol–water partition coefficient (Wildman–Crippen LogP) is 7.11. The maximum atomic E-state index is 14.3. The van der Waals surface area contributed by atoms with Crippen LogP contribution in [0.1, 0.15) is 123 Å². The molecule has 0 bridgehead atoms. The number of ether oxygens (including phenoxy) is 2. The highest BCUT2D eigenvalue weighted by molar-refractivity contribution is 5.95. The van der Waals surface area contributed by atoms with Crippen LogP contribution in [0.25, 0.3) is 0 Å². The summed E-state index contributed by atoms with van der Waals surface area (Å²) in [6.07, 6.45) is 13.9. The molecule has 0 aromatic heterocycles. The second kappa shape index (κ2) is 26.9. The van der Waals surface area contributed by atoms with E-state index in [1.54, 1.807) is 37.7 Å². The van der Waals surface area contributed by atoms with E-state index < -0.39 is 36.3 Å². The Kier molecular flexibility index (Phi) is 19.7. The fraction of sp³-hybridized carbons (Fsp3) is 0.484. The van der Waals surface area contributed by atoms with Crippen molar-refractivity contribution in [2.45, 2.75) is 152 Å². The van der Waals surface area contributed by atoms with Crippen LogP contribution in [-0.2, 0) is 54.5 Å². The average Bonchev–Trinajstić information content (AvgIpc) is 4.16. The fourth-order valence-corrected chi connectivity index (χ4v) is 11.6. The molecule has 4 aromatic rings. The molecule has 2 fully saturated rings. The number of amides is 4. The number of Topliss-reactive ketones (excluding diaryl/α,β-unsaturated/α-hetero) is 2. The molecule has 4 amide bonds. The van der Waals surface area contributed by atoms with Gasteiger partial charge in [-0.05, 0) is 174 Å². The molecule has 4 aliphatic rings. The van der Waals surface area contributed by atoms with Gasteiger partial charge in [0.1, 0.15) is 36.8 Å². The van der Waals surface area contributed by atoms with Crippen molar-refractivity contribution >= 4 is 35.2 Å². The summed E-state index contributed by atoms with van der Waals surface area (Å²) in [5.74, 6) is 0.733. The Balaban J connectivity index is 0.813. The van der Waals surface area contributed by atoms with Gasteiger partial charge in [-0.25, -0.2) is 0 Å². The number of aryl methyl sites for hydroxylation is 2. The van der Waals surface area contributed by atoms with E-state index in [4.69, 9.17) is 9.47 Å². The van der Waals surface area contributed by atoms with Crippen LogP contribution in [-0.4, -0.2) is 122 Å². The smallest absolute Gasteiger partial charge is 0.246 e. The monoisotopic (exact) mass is 1030 g/mol. The Bertz CT molecular complexity index is 2490.